The molecule has 0 spiro atoms. The average molecular weight is 252 g/mol. The van der Waals surface area contributed by atoms with Crippen LogP contribution in [0.1, 0.15) is 44.9 Å². The first-order chi connectivity index (χ1) is 8.83. The molecule has 3 unspecified atom stereocenters. The van der Waals surface area contributed by atoms with E-state index in [4.69, 9.17) is 0 Å². The summed E-state index contributed by atoms with van der Waals surface area (Å²) >= 11 is 0. The maximum absolute atomic E-state index is 10.2. The second-order valence-electron chi connectivity index (χ2n) is 6.56. The van der Waals surface area contributed by atoms with Gasteiger partial charge in [-0.25, -0.2) is 0 Å². The summed E-state index contributed by atoms with van der Waals surface area (Å²) in [6.45, 7) is 6.20. The third-order valence-corrected chi connectivity index (χ3v) is 5.28. The van der Waals surface area contributed by atoms with Crippen LogP contribution in [-0.4, -0.2) is 59.8 Å². The van der Waals surface area contributed by atoms with Crippen LogP contribution in [0.2, 0.25) is 0 Å². The molecule has 3 nitrogen and oxygen atoms in total. The van der Waals surface area contributed by atoms with Crippen molar-refractivity contribution in [2.75, 3.05) is 32.7 Å². The summed E-state index contributed by atoms with van der Waals surface area (Å²) in [6.07, 6.45) is 8.91. The molecular weight excluding hydrogens is 224 g/mol. The minimum atomic E-state index is -0.0332. The van der Waals surface area contributed by atoms with Gasteiger partial charge < -0.3 is 10.0 Å². The molecule has 1 N–H and O–H groups in total. The molecule has 1 saturated carbocycles. The van der Waals surface area contributed by atoms with Crippen molar-refractivity contribution in [3.8, 4) is 0 Å². The Morgan fingerprint density at radius 3 is 2.72 bits per heavy atom. The number of hydrogen-bond donors (Lipinski definition) is 1. The third-order valence-electron chi connectivity index (χ3n) is 5.28. The van der Waals surface area contributed by atoms with Crippen LogP contribution in [0.5, 0.6) is 0 Å². The zero-order valence-electron chi connectivity index (χ0n) is 11.6. The standard InChI is InChI=1S/C15H28N2O/c18-15-7-3-1-2-5-13(15)11-16-9-10-17-8-4-6-14(17)12-16/h13-15,18H,1-12H2. The van der Waals surface area contributed by atoms with Crippen molar-refractivity contribution in [1.29, 1.82) is 0 Å². The van der Waals surface area contributed by atoms with Gasteiger partial charge in [-0.2, -0.15) is 0 Å². The first kappa shape index (κ1) is 12.9. The number of rotatable bonds is 2. The van der Waals surface area contributed by atoms with Gasteiger partial charge in [0.05, 0.1) is 6.10 Å². The molecule has 0 radical (unpaired) electrons. The first-order valence-corrected chi connectivity index (χ1v) is 7.97. The molecule has 3 aliphatic rings. The van der Waals surface area contributed by atoms with E-state index in [9.17, 15) is 5.11 Å². The van der Waals surface area contributed by atoms with E-state index in [-0.39, 0.29) is 6.10 Å². The van der Waals surface area contributed by atoms with E-state index in [0.717, 1.165) is 19.0 Å². The monoisotopic (exact) mass is 252 g/mol. The van der Waals surface area contributed by atoms with Crippen molar-refractivity contribution in [3.63, 3.8) is 0 Å². The Bertz CT molecular complexity index is 271. The molecule has 2 saturated heterocycles. The van der Waals surface area contributed by atoms with E-state index < -0.39 is 0 Å². The number of piperazine rings is 1. The molecule has 0 aromatic rings. The number of aliphatic hydroxyl groups is 1. The molecule has 18 heavy (non-hydrogen) atoms. The molecule has 0 aromatic heterocycles. The highest BCUT2D eigenvalue weighted by molar-refractivity contribution is 4.88. The fourth-order valence-electron chi connectivity index (χ4n) is 4.13. The van der Waals surface area contributed by atoms with Gasteiger partial charge in [0.25, 0.3) is 0 Å². The van der Waals surface area contributed by atoms with Gasteiger partial charge in [-0.05, 0) is 38.1 Å². The molecule has 3 fully saturated rings. The molecule has 3 atom stereocenters. The molecule has 3 rings (SSSR count). The second kappa shape index (κ2) is 5.89. The van der Waals surface area contributed by atoms with E-state index in [1.807, 2.05) is 0 Å². The number of nitrogens with zero attached hydrogens (tertiary/aromatic N) is 2. The van der Waals surface area contributed by atoms with Crippen LogP contribution in [0.4, 0.5) is 0 Å². The Balaban J connectivity index is 1.52. The second-order valence-corrected chi connectivity index (χ2v) is 6.56. The summed E-state index contributed by atoms with van der Waals surface area (Å²) in [5.41, 5.74) is 0. The third kappa shape index (κ3) is 2.89. The van der Waals surface area contributed by atoms with Crippen LogP contribution >= 0.6 is 0 Å². The SMILES string of the molecule is OC1CCCCCC1CN1CCN2CCCC2C1. The Kier molecular flexibility index (Phi) is 4.22. The molecule has 0 aromatic carbocycles. The predicted octanol–water partition coefficient (Wildman–Crippen LogP) is 1.71. The van der Waals surface area contributed by atoms with Crippen LogP contribution < -0.4 is 0 Å². The van der Waals surface area contributed by atoms with Gasteiger partial charge in [0, 0.05) is 32.2 Å². The minimum Gasteiger partial charge on any atom is -0.393 e. The van der Waals surface area contributed by atoms with Gasteiger partial charge in [-0.3, -0.25) is 4.90 Å². The van der Waals surface area contributed by atoms with Crippen LogP contribution in [-0.2, 0) is 0 Å². The summed E-state index contributed by atoms with van der Waals surface area (Å²) in [5.74, 6) is 0.542. The predicted molar refractivity (Wildman–Crippen MR) is 73.6 cm³/mol. The number of hydrogen-bond acceptors (Lipinski definition) is 3. The Hall–Kier alpha value is -0.120. The smallest absolute Gasteiger partial charge is 0.0580 e. The largest absolute Gasteiger partial charge is 0.393 e. The lowest BCUT2D eigenvalue weighted by Crippen LogP contribution is -2.51. The highest BCUT2D eigenvalue weighted by atomic mass is 16.3. The van der Waals surface area contributed by atoms with Gasteiger partial charge in [0.15, 0.2) is 0 Å². The van der Waals surface area contributed by atoms with Crippen LogP contribution in [0.15, 0.2) is 0 Å². The average Bonchev–Trinajstić information content (AvgIpc) is 2.75. The van der Waals surface area contributed by atoms with E-state index >= 15 is 0 Å². The van der Waals surface area contributed by atoms with E-state index in [2.05, 4.69) is 9.80 Å². The van der Waals surface area contributed by atoms with E-state index in [0.29, 0.717) is 5.92 Å². The summed E-state index contributed by atoms with van der Waals surface area (Å²) in [7, 11) is 0. The molecule has 2 heterocycles. The van der Waals surface area contributed by atoms with Crippen molar-refractivity contribution in [3.05, 3.63) is 0 Å². The summed E-state index contributed by atoms with van der Waals surface area (Å²) in [4.78, 5) is 5.30. The van der Waals surface area contributed by atoms with Crippen molar-refractivity contribution < 1.29 is 5.11 Å². The lowest BCUT2D eigenvalue weighted by Gasteiger charge is -2.39. The normalized spacial score (nSPS) is 39.5. The number of fused-ring (bicyclic) bond motifs is 1. The van der Waals surface area contributed by atoms with Gasteiger partial charge in [0.1, 0.15) is 0 Å². The molecule has 0 amide bonds. The maximum atomic E-state index is 10.2. The van der Waals surface area contributed by atoms with Crippen LogP contribution in [0, 0.1) is 5.92 Å². The van der Waals surface area contributed by atoms with Gasteiger partial charge in [-0.1, -0.05) is 19.3 Å². The van der Waals surface area contributed by atoms with Crippen LogP contribution in [0.25, 0.3) is 0 Å². The Morgan fingerprint density at radius 2 is 1.78 bits per heavy atom. The van der Waals surface area contributed by atoms with Crippen molar-refractivity contribution in [2.45, 2.75) is 57.1 Å². The molecule has 104 valence electrons. The van der Waals surface area contributed by atoms with E-state index in [1.54, 1.807) is 0 Å². The van der Waals surface area contributed by atoms with Crippen molar-refractivity contribution in [2.24, 2.45) is 5.92 Å². The molecule has 2 aliphatic heterocycles. The Morgan fingerprint density at radius 1 is 0.889 bits per heavy atom. The molecular formula is C15H28N2O. The van der Waals surface area contributed by atoms with Gasteiger partial charge in [-0.15, -0.1) is 0 Å². The fraction of sp³-hybridized carbons (Fsp3) is 1.00. The number of aliphatic hydroxyl groups excluding tert-OH is 1. The minimum absolute atomic E-state index is 0.0332. The fourth-order valence-corrected chi connectivity index (χ4v) is 4.13. The first-order valence-electron chi connectivity index (χ1n) is 7.97. The maximum Gasteiger partial charge on any atom is 0.0580 e. The highest BCUT2D eigenvalue weighted by Crippen LogP contribution is 2.27. The zero-order valence-corrected chi connectivity index (χ0v) is 11.6. The topological polar surface area (TPSA) is 26.7 Å². The van der Waals surface area contributed by atoms with Crippen molar-refractivity contribution in [1.82, 2.24) is 9.80 Å². The van der Waals surface area contributed by atoms with Gasteiger partial charge >= 0.3 is 0 Å². The Labute approximate surface area is 111 Å². The van der Waals surface area contributed by atoms with Crippen molar-refractivity contribution >= 4 is 0 Å². The zero-order chi connectivity index (χ0) is 12.4. The summed E-state index contributed by atoms with van der Waals surface area (Å²) in [6, 6.07) is 0.821. The summed E-state index contributed by atoms with van der Waals surface area (Å²) < 4.78 is 0. The molecule has 0 bridgehead atoms. The van der Waals surface area contributed by atoms with Gasteiger partial charge in [0.2, 0.25) is 0 Å². The lowest BCUT2D eigenvalue weighted by molar-refractivity contribution is 0.0436. The lowest BCUT2D eigenvalue weighted by atomic mass is 9.96. The molecule has 3 heteroatoms. The molecule has 1 aliphatic carbocycles. The van der Waals surface area contributed by atoms with E-state index in [1.165, 1.54) is 64.7 Å². The quantitative estimate of drug-likeness (QED) is 0.758. The van der Waals surface area contributed by atoms with Crippen LogP contribution in [0.3, 0.4) is 0 Å². The summed E-state index contributed by atoms with van der Waals surface area (Å²) in [5, 5.41) is 10.2. The highest BCUT2D eigenvalue weighted by Gasteiger charge is 2.32.